The molecule has 1 heterocycles. The summed E-state index contributed by atoms with van der Waals surface area (Å²) < 4.78 is 5.59. The smallest absolute Gasteiger partial charge is 0.293 e. The lowest BCUT2D eigenvalue weighted by Gasteiger charge is -2.33. The van der Waals surface area contributed by atoms with E-state index in [1.807, 2.05) is 11.8 Å². The molecule has 1 saturated heterocycles. The predicted molar refractivity (Wildman–Crippen MR) is 80.0 cm³/mol. The van der Waals surface area contributed by atoms with Gasteiger partial charge in [0.15, 0.2) is 5.78 Å². The number of hydrogen-bond donors (Lipinski definition) is 0. The number of nitro benzene ring substituents is 1. The molecule has 1 aliphatic heterocycles. The normalized spacial score (nSPS) is 16.0. The Morgan fingerprint density at radius 1 is 1.43 bits per heavy atom. The molecule has 0 aromatic heterocycles. The average molecular weight is 292 g/mol. The molecule has 0 atom stereocenters. The van der Waals surface area contributed by atoms with Gasteiger partial charge in [-0.1, -0.05) is 0 Å². The summed E-state index contributed by atoms with van der Waals surface area (Å²) in [6.45, 7) is 5.53. The third-order valence-electron chi connectivity index (χ3n) is 3.76. The zero-order valence-corrected chi connectivity index (χ0v) is 12.4. The molecule has 0 saturated carbocycles. The molecule has 0 N–H and O–H groups in total. The van der Waals surface area contributed by atoms with E-state index in [2.05, 4.69) is 0 Å². The van der Waals surface area contributed by atoms with E-state index >= 15 is 0 Å². The van der Waals surface area contributed by atoms with Crippen LogP contribution in [0.1, 0.15) is 37.0 Å². The summed E-state index contributed by atoms with van der Waals surface area (Å²) in [6.07, 6.45) is 1.96. The monoisotopic (exact) mass is 292 g/mol. The van der Waals surface area contributed by atoms with Crippen molar-refractivity contribution >= 4 is 17.2 Å². The van der Waals surface area contributed by atoms with E-state index in [-0.39, 0.29) is 17.6 Å². The summed E-state index contributed by atoms with van der Waals surface area (Å²) in [7, 11) is 0. The molecular formula is C15H20N2O4. The van der Waals surface area contributed by atoms with Gasteiger partial charge >= 0.3 is 0 Å². The fourth-order valence-corrected chi connectivity index (χ4v) is 2.66. The van der Waals surface area contributed by atoms with E-state index in [1.54, 1.807) is 12.1 Å². The third-order valence-corrected chi connectivity index (χ3v) is 3.76. The SMILES string of the molecule is CCOC1CCN(c2ccc(C(C)=O)cc2[N+](=O)[O-])CC1. The van der Waals surface area contributed by atoms with Crippen LogP contribution in [0.4, 0.5) is 11.4 Å². The van der Waals surface area contributed by atoms with Crippen LogP contribution in [0.3, 0.4) is 0 Å². The lowest BCUT2D eigenvalue weighted by atomic mass is 10.0. The summed E-state index contributed by atoms with van der Waals surface area (Å²) in [5.74, 6) is -0.167. The molecule has 0 unspecified atom stereocenters. The van der Waals surface area contributed by atoms with E-state index in [1.165, 1.54) is 13.0 Å². The van der Waals surface area contributed by atoms with Crippen LogP contribution >= 0.6 is 0 Å². The van der Waals surface area contributed by atoms with Gasteiger partial charge in [0.1, 0.15) is 5.69 Å². The second-order valence-corrected chi connectivity index (χ2v) is 5.16. The Bertz CT molecular complexity index is 536. The number of rotatable bonds is 5. The minimum absolute atomic E-state index is 0.00226. The largest absolute Gasteiger partial charge is 0.378 e. The van der Waals surface area contributed by atoms with Crippen LogP contribution in [-0.4, -0.2) is 36.5 Å². The zero-order chi connectivity index (χ0) is 15.4. The Morgan fingerprint density at radius 2 is 2.10 bits per heavy atom. The van der Waals surface area contributed by atoms with Crippen molar-refractivity contribution in [3.05, 3.63) is 33.9 Å². The predicted octanol–water partition coefficient (Wildman–Crippen LogP) is 2.80. The van der Waals surface area contributed by atoms with Gasteiger partial charge in [-0.05, 0) is 38.8 Å². The van der Waals surface area contributed by atoms with Crippen LogP contribution in [0.5, 0.6) is 0 Å². The van der Waals surface area contributed by atoms with Gasteiger partial charge in [-0.25, -0.2) is 0 Å². The highest BCUT2D eigenvalue weighted by Crippen LogP contribution is 2.31. The number of ether oxygens (including phenoxy) is 1. The second-order valence-electron chi connectivity index (χ2n) is 5.16. The Labute approximate surface area is 123 Å². The molecule has 2 rings (SSSR count). The first-order valence-electron chi connectivity index (χ1n) is 7.18. The zero-order valence-electron chi connectivity index (χ0n) is 12.4. The Kier molecular flexibility index (Phi) is 4.90. The van der Waals surface area contributed by atoms with Gasteiger partial charge < -0.3 is 9.64 Å². The number of piperidine rings is 1. The lowest BCUT2D eigenvalue weighted by Crippen LogP contribution is -2.37. The van der Waals surface area contributed by atoms with Crippen molar-refractivity contribution in [2.75, 3.05) is 24.6 Å². The van der Waals surface area contributed by atoms with E-state index in [0.29, 0.717) is 17.9 Å². The Morgan fingerprint density at radius 3 is 2.62 bits per heavy atom. The van der Waals surface area contributed by atoms with Gasteiger partial charge in [-0.3, -0.25) is 14.9 Å². The molecule has 1 aromatic carbocycles. The molecule has 114 valence electrons. The summed E-state index contributed by atoms with van der Waals surface area (Å²) in [4.78, 5) is 24.2. The molecule has 1 fully saturated rings. The highest BCUT2D eigenvalue weighted by molar-refractivity contribution is 5.95. The van der Waals surface area contributed by atoms with Gasteiger partial charge in [-0.15, -0.1) is 0 Å². The van der Waals surface area contributed by atoms with Crippen molar-refractivity contribution in [1.82, 2.24) is 0 Å². The number of anilines is 1. The first-order chi connectivity index (χ1) is 10.0. The standard InChI is InChI=1S/C15H20N2O4/c1-3-21-13-6-8-16(9-7-13)14-5-4-12(11(2)18)10-15(14)17(19)20/h4-5,10,13H,3,6-9H2,1-2H3. The van der Waals surface area contributed by atoms with Crippen molar-refractivity contribution in [2.45, 2.75) is 32.8 Å². The van der Waals surface area contributed by atoms with E-state index in [4.69, 9.17) is 4.74 Å². The maximum atomic E-state index is 11.4. The summed E-state index contributed by atoms with van der Waals surface area (Å²) >= 11 is 0. The van der Waals surface area contributed by atoms with E-state index < -0.39 is 4.92 Å². The molecule has 6 nitrogen and oxygen atoms in total. The van der Waals surface area contributed by atoms with Crippen molar-refractivity contribution in [1.29, 1.82) is 0 Å². The second kappa shape index (κ2) is 6.67. The Hall–Kier alpha value is -1.95. The van der Waals surface area contributed by atoms with Crippen molar-refractivity contribution in [2.24, 2.45) is 0 Å². The highest BCUT2D eigenvalue weighted by Gasteiger charge is 2.25. The first-order valence-corrected chi connectivity index (χ1v) is 7.18. The molecule has 1 aliphatic rings. The number of Topliss-reactive ketones (excluding diaryl/α,β-unsaturated/α-hetero) is 1. The maximum absolute atomic E-state index is 11.4. The van der Waals surface area contributed by atoms with Crippen LogP contribution in [0.2, 0.25) is 0 Å². The maximum Gasteiger partial charge on any atom is 0.293 e. The highest BCUT2D eigenvalue weighted by atomic mass is 16.6. The number of nitrogens with zero attached hydrogens (tertiary/aromatic N) is 2. The average Bonchev–Trinajstić information content (AvgIpc) is 2.47. The van der Waals surface area contributed by atoms with Gasteiger partial charge in [-0.2, -0.15) is 0 Å². The molecule has 1 aromatic rings. The van der Waals surface area contributed by atoms with E-state index in [0.717, 1.165) is 25.9 Å². The van der Waals surface area contributed by atoms with E-state index in [9.17, 15) is 14.9 Å². The number of hydrogen-bond acceptors (Lipinski definition) is 5. The summed E-state index contributed by atoms with van der Waals surface area (Å²) in [6, 6.07) is 4.70. The third kappa shape index (κ3) is 3.58. The molecule has 0 spiro atoms. The molecule has 0 bridgehead atoms. The molecule has 0 aliphatic carbocycles. The number of nitro groups is 1. The minimum Gasteiger partial charge on any atom is -0.378 e. The quantitative estimate of drug-likeness (QED) is 0.474. The molecule has 0 radical (unpaired) electrons. The molecule has 0 amide bonds. The van der Waals surface area contributed by atoms with Crippen LogP contribution in [0.15, 0.2) is 18.2 Å². The van der Waals surface area contributed by atoms with Crippen LogP contribution in [0, 0.1) is 10.1 Å². The topological polar surface area (TPSA) is 72.7 Å². The van der Waals surface area contributed by atoms with Gasteiger partial charge in [0.05, 0.1) is 11.0 Å². The first kappa shape index (κ1) is 15.4. The number of carbonyl (C=O) groups is 1. The summed E-state index contributed by atoms with van der Waals surface area (Å²) in [5.41, 5.74) is 0.951. The lowest BCUT2D eigenvalue weighted by molar-refractivity contribution is -0.384. The number of benzene rings is 1. The molecular weight excluding hydrogens is 272 g/mol. The van der Waals surface area contributed by atoms with Crippen molar-refractivity contribution in [3.63, 3.8) is 0 Å². The van der Waals surface area contributed by atoms with Crippen molar-refractivity contribution < 1.29 is 14.5 Å². The number of carbonyl (C=O) groups excluding carboxylic acids is 1. The van der Waals surface area contributed by atoms with Gasteiger partial charge in [0.2, 0.25) is 0 Å². The summed E-state index contributed by atoms with van der Waals surface area (Å²) in [5, 5.41) is 11.2. The van der Waals surface area contributed by atoms with Crippen molar-refractivity contribution in [3.8, 4) is 0 Å². The minimum atomic E-state index is -0.420. The van der Waals surface area contributed by atoms with Gasteiger partial charge in [0.25, 0.3) is 5.69 Å². The van der Waals surface area contributed by atoms with Crippen LogP contribution < -0.4 is 4.90 Å². The fourth-order valence-electron chi connectivity index (χ4n) is 2.66. The van der Waals surface area contributed by atoms with Gasteiger partial charge in [0, 0.05) is 31.3 Å². The fraction of sp³-hybridized carbons (Fsp3) is 0.533. The molecule has 6 heteroatoms. The Balaban J connectivity index is 2.20. The van der Waals surface area contributed by atoms with Crippen LogP contribution in [-0.2, 0) is 4.74 Å². The number of ketones is 1. The van der Waals surface area contributed by atoms with Crippen LogP contribution in [0.25, 0.3) is 0 Å². The molecule has 21 heavy (non-hydrogen) atoms.